The Kier molecular flexibility index (Phi) is 6.93. The third kappa shape index (κ3) is 4.73. The number of aromatic nitrogens is 3. The normalized spacial score (nSPS) is 11.9. The summed E-state index contributed by atoms with van der Waals surface area (Å²) >= 11 is 0. The Balaban J connectivity index is 1.20. The third-order valence-corrected chi connectivity index (χ3v) is 11.8. The Morgan fingerprint density at radius 2 is 0.667 bits per heavy atom. The topological polar surface area (TPSA) is 14.8 Å². The zero-order chi connectivity index (χ0) is 37.5. The molecule has 3 heteroatoms. The van der Waals surface area contributed by atoms with Crippen molar-refractivity contribution >= 4 is 65.4 Å². The lowest BCUT2D eigenvalue weighted by molar-refractivity contribution is 1.16. The molecule has 3 aromatic heterocycles. The largest absolute Gasteiger partial charge is 0.309 e. The number of fused-ring (bicyclic) bond motifs is 9. The van der Waals surface area contributed by atoms with Gasteiger partial charge >= 0.3 is 0 Å². The second-order valence-corrected chi connectivity index (χ2v) is 14.9. The van der Waals surface area contributed by atoms with Gasteiger partial charge in [0.25, 0.3) is 0 Å². The molecule has 0 fully saturated rings. The summed E-state index contributed by atoms with van der Waals surface area (Å²) in [7, 11) is 0. The summed E-state index contributed by atoms with van der Waals surface area (Å²) in [5.41, 5.74) is 15.5. The summed E-state index contributed by atoms with van der Waals surface area (Å²) in [6, 6.07) is 77.4. The molecule has 0 saturated carbocycles. The smallest absolute Gasteiger partial charge is 0.0562 e. The number of benzene rings is 9. The standard InChI is InChI=1S/C54H35N3/c1-4-17-36(18-5-1)37-19-14-24-40(33-37)57-47-29-12-10-25-41(47)45-34-46-52(35-51(45)57)56(39-22-8-3-9-23-39)50-32-16-28-43(54(46)50)42-27-15-31-49-53(42)44-26-11-13-30-48(44)55(49)38-20-6-2-7-21-38/h1-35H. The lowest BCUT2D eigenvalue weighted by atomic mass is 9.95. The van der Waals surface area contributed by atoms with Crippen LogP contribution in [0.4, 0.5) is 0 Å². The predicted octanol–water partition coefficient (Wildman–Crippen LogP) is 14.3. The fourth-order valence-electron chi connectivity index (χ4n) is 9.44. The molecule has 0 radical (unpaired) electrons. The Labute approximate surface area is 329 Å². The average Bonchev–Trinajstić information content (AvgIpc) is 3.92. The number of para-hydroxylation sites is 4. The maximum Gasteiger partial charge on any atom is 0.0562 e. The maximum absolute atomic E-state index is 2.46. The highest BCUT2D eigenvalue weighted by molar-refractivity contribution is 6.25. The molecule has 0 bridgehead atoms. The summed E-state index contributed by atoms with van der Waals surface area (Å²) in [6.07, 6.45) is 0. The molecule has 0 aliphatic carbocycles. The van der Waals surface area contributed by atoms with Gasteiger partial charge in [-0.05, 0) is 95.1 Å². The first-order valence-corrected chi connectivity index (χ1v) is 19.6. The Morgan fingerprint density at radius 1 is 0.228 bits per heavy atom. The van der Waals surface area contributed by atoms with Gasteiger partial charge in [-0.2, -0.15) is 0 Å². The van der Waals surface area contributed by atoms with Crippen LogP contribution in [0.15, 0.2) is 212 Å². The molecule has 3 heterocycles. The minimum absolute atomic E-state index is 1.14. The quantitative estimate of drug-likeness (QED) is 0.168. The second kappa shape index (κ2) is 12.5. The Morgan fingerprint density at radius 3 is 1.33 bits per heavy atom. The van der Waals surface area contributed by atoms with Crippen LogP contribution in [-0.4, -0.2) is 13.7 Å². The van der Waals surface area contributed by atoms with Gasteiger partial charge in [0.15, 0.2) is 0 Å². The van der Waals surface area contributed by atoms with Crippen LogP contribution in [0.1, 0.15) is 0 Å². The van der Waals surface area contributed by atoms with Crippen LogP contribution < -0.4 is 0 Å². The highest BCUT2D eigenvalue weighted by Crippen LogP contribution is 2.46. The van der Waals surface area contributed by atoms with Gasteiger partial charge < -0.3 is 13.7 Å². The van der Waals surface area contributed by atoms with Crippen LogP contribution in [0, 0.1) is 0 Å². The first-order valence-electron chi connectivity index (χ1n) is 19.6. The van der Waals surface area contributed by atoms with E-state index >= 15 is 0 Å². The van der Waals surface area contributed by atoms with Crippen molar-refractivity contribution in [1.82, 2.24) is 13.7 Å². The van der Waals surface area contributed by atoms with Crippen molar-refractivity contribution in [3.63, 3.8) is 0 Å². The monoisotopic (exact) mass is 725 g/mol. The first-order chi connectivity index (χ1) is 28.3. The molecule has 57 heavy (non-hydrogen) atoms. The van der Waals surface area contributed by atoms with Gasteiger partial charge in [-0.15, -0.1) is 0 Å². The SMILES string of the molecule is c1ccc(-c2cccc(-n3c4ccccc4c4cc5c6c(-c7cccc8c7c7ccccc7n8-c7ccccc7)cccc6n(-c6ccccc6)c5cc43)c2)cc1. The van der Waals surface area contributed by atoms with E-state index in [1.54, 1.807) is 0 Å². The van der Waals surface area contributed by atoms with Crippen molar-refractivity contribution in [3.8, 4) is 39.3 Å². The zero-order valence-electron chi connectivity index (χ0n) is 31.0. The summed E-state index contributed by atoms with van der Waals surface area (Å²) in [5.74, 6) is 0. The number of hydrogen-bond acceptors (Lipinski definition) is 0. The van der Waals surface area contributed by atoms with E-state index in [1.165, 1.54) is 87.7 Å². The van der Waals surface area contributed by atoms with E-state index in [9.17, 15) is 0 Å². The Bertz CT molecular complexity index is 3500. The lowest BCUT2D eigenvalue weighted by Crippen LogP contribution is -1.96. The van der Waals surface area contributed by atoms with Crippen LogP contribution in [0.2, 0.25) is 0 Å². The average molecular weight is 726 g/mol. The molecule has 12 aromatic rings. The Hall–Kier alpha value is -7.62. The van der Waals surface area contributed by atoms with E-state index in [4.69, 9.17) is 0 Å². The van der Waals surface area contributed by atoms with Crippen LogP contribution in [0.25, 0.3) is 105 Å². The van der Waals surface area contributed by atoms with Gasteiger partial charge in [0.2, 0.25) is 0 Å². The van der Waals surface area contributed by atoms with Gasteiger partial charge in [0, 0.05) is 49.4 Å². The molecule has 0 atom stereocenters. The van der Waals surface area contributed by atoms with Gasteiger partial charge in [-0.25, -0.2) is 0 Å². The minimum atomic E-state index is 1.14. The molecule has 0 saturated heterocycles. The van der Waals surface area contributed by atoms with E-state index in [1.807, 2.05) is 0 Å². The fraction of sp³-hybridized carbons (Fsp3) is 0. The molecule has 9 aromatic carbocycles. The van der Waals surface area contributed by atoms with E-state index in [0.29, 0.717) is 0 Å². The van der Waals surface area contributed by atoms with Crippen LogP contribution >= 0.6 is 0 Å². The van der Waals surface area contributed by atoms with Crippen molar-refractivity contribution in [3.05, 3.63) is 212 Å². The van der Waals surface area contributed by atoms with Crippen molar-refractivity contribution in [2.24, 2.45) is 0 Å². The highest BCUT2D eigenvalue weighted by Gasteiger charge is 2.23. The second-order valence-electron chi connectivity index (χ2n) is 14.9. The van der Waals surface area contributed by atoms with Crippen molar-refractivity contribution in [2.75, 3.05) is 0 Å². The molecule has 0 aliphatic heterocycles. The maximum atomic E-state index is 2.46. The molecular formula is C54H35N3. The van der Waals surface area contributed by atoms with Crippen LogP contribution in [0.5, 0.6) is 0 Å². The molecule has 0 aliphatic rings. The number of hydrogen-bond donors (Lipinski definition) is 0. The van der Waals surface area contributed by atoms with Gasteiger partial charge in [-0.1, -0.05) is 140 Å². The fourth-order valence-corrected chi connectivity index (χ4v) is 9.44. The molecule has 3 nitrogen and oxygen atoms in total. The molecule has 0 N–H and O–H groups in total. The van der Waals surface area contributed by atoms with Crippen molar-refractivity contribution in [2.45, 2.75) is 0 Å². The number of nitrogens with zero attached hydrogens (tertiary/aromatic N) is 3. The van der Waals surface area contributed by atoms with E-state index in [-0.39, 0.29) is 0 Å². The molecule has 12 rings (SSSR count). The van der Waals surface area contributed by atoms with Gasteiger partial charge in [-0.3, -0.25) is 0 Å². The highest BCUT2D eigenvalue weighted by atomic mass is 15.0. The van der Waals surface area contributed by atoms with Crippen molar-refractivity contribution in [1.29, 1.82) is 0 Å². The molecular weight excluding hydrogens is 691 g/mol. The number of rotatable bonds is 5. The molecule has 0 spiro atoms. The van der Waals surface area contributed by atoms with E-state index in [0.717, 1.165) is 17.1 Å². The summed E-state index contributed by atoms with van der Waals surface area (Å²) in [6.45, 7) is 0. The van der Waals surface area contributed by atoms with Crippen LogP contribution in [0.3, 0.4) is 0 Å². The van der Waals surface area contributed by atoms with E-state index in [2.05, 4.69) is 226 Å². The lowest BCUT2D eigenvalue weighted by Gasteiger charge is -2.11. The van der Waals surface area contributed by atoms with Crippen LogP contribution in [-0.2, 0) is 0 Å². The third-order valence-electron chi connectivity index (χ3n) is 11.8. The predicted molar refractivity (Wildman–Crippen MR) is 240 cm³/mol. The van der Waals surface area contributed by atoms with Gasteiger partial charge in [0.05, 0.1) is 33.1 Å². The molecule has 0 amide bonds. The minimum Gasteiger partial charge on any atom is -0.309 e. The summed E-state index contributed by atoms with van der Waals surface area (Å²) < 4.78 is 7.32. The van der Waals surface area contributed by atoms with Crippen molar-refractivity contribution < 1.29 is 0 Å². The molecule has 0 unspecified atom stereocenters. The molecule has 266 valence electrons. The van der Waals surface area contributed by atoms with E-state index < -0.39 is 0 Å². The summed E-state index contributed by atoms with van der Waals surface area (Å²) in [4.78, 5) is 0. The van der Waals surface area contributed by atoms with Gasteiger partial charge in [0.1, 0.15) is 0 Å². The first kappa shape index (κ1) is 31.7. The zero-order valence-corrected chi connectivity index (χ0v) is 31.0. The summed E-state index contributed by atoms with van der Waals surface area (Å²) in [5, 5.41) is 7.49.